The number of hydrazine groups is 1. The lowest BCUT2D eigenvalue weighted by Crippen LogP contribution is -2.45. The van der Waals surface area contributed by atoms with Crippen LogP contribution in [0.15, 0.2) is 27.8 Å². The van der Waals surface area contributed by atoms with Crippen molar-refractivity contribution in [1.82, 2.24) is 4.98 Å². The number of nitrogens with zero attached hydrogens (tertiary/aromatic N) is 3. The molecule has 0 saturated carbocycles. The second-order valence-corrected chi connectivity index (χ2v) is 5.29. The van der Waals surface area contributed by atoms with Gasteiger partial charge in [-0.3, -0.25) is 9.99 Å². The molecule has 0 radical (unpaired) electrons. The molecule has 2 rings (SSSR count). The number of rotatable bonds is 2. The topological polar surface area (TPSA) is 109 Å². The zero-order valence-electron chi connectivity index (χ0n) is 9.11. The largest absolute Gasteiger partial charge is 0.396 e. The van der Waals surface area contributed by atoms with Gasteiger partial charge in [0.15, 0.2) is 0 Å². The summed E-state index contributed by atoms with van der Waals surface area (Å²) >= 11 is 0. The van der Waals surface area contributed by atoms with Gasteiger partial charge >= 0.3 is 0 Å². The van der Waals surface area contributed by atoms with Crippen molar-refractivity contribution in [2.24, 2.45) is 16.2 Å². The minimum Gasteiger partial charge on any atom is -0.396 e. The Bertz CT molecular complexity index is 569. The second-order valence-electron chi connectivity index (χ2n) is 3.72. The molecular weight excluding hydrogens is 244 g/mol. The van der Waals surface area contributed by atoms with Gasteiger partial charge in [0.2, 0.25) is 0 Å². The first-order valence-corrected chi connectivity index (χ1v) is 6.36. The summed E-state index contributed by atoms with van der Waals surface area (Å²) in [6.45, 7) is 1.41. The van der Waals surface area contributed by atoms with Gasteiger partial charge in [-0.05, 0) is 6.07 Å². The summed E-state index contributed by atoms with van der Waals surface area (Å²) in [4.78, 5) is 3.71. The number of aliphatic hydroxyl groups is 1. The Balaban J connectivity index is 2.62. The zero-order valence-corrected chi connectivity index (χ0v) is 9.92. The molecule has 92 valence electrons. The first-order valence-electron chi connectivity index (χ1n) is 4.92. The van der Waals surface area contributed by atoms with Crippen LogP contribution >= 0.6 is 0 Å². The van der Waals surface area contributed by atoms with E-state index in [-0.39, 0.29) is 17.3 Å². The average molecular weight is 256 g/mol. The quantitative estimate of drug-likeness (QED) is 0.690. The number of fused-ring (bicyclic) bond motifs is 1. The molecule has 1 aliphatic heterocycles. The van der Waals surface area contributed by atoms with Gasteiger partial charge in [0.05, 0.1) is 12.3 Å². The highest BCUT2D eigenvalue weighted by molar-refractivity contribution is 7.90. The molecule has 0 saturated heterocycles. The molecule has 1 atom stereocenters. The van der Waals surface area contributed by atoms with Gasteiger partial charge in [0, 0.05) is 18.3 Å². The lowest BCUT2D eigenvalue weighted by atomic mass is 10.1. The van der Waals surface area contributed by atoms with E-state index < -0.39 is 15.9 Å². The van der Waals surface area contributed by atoms with Crippen molar-refractivity contribution in [3.8, 4) is 0 Å². The van der Waals surface area contributed by atoms with Gasteiger partial charge in [0.1, 0.15) is 10.7 Å². The van der Waals surface area contributed by atoms with Crippen molar-refractivity contribution in [3.63, 3.8) is 0 Å². The van der Waals surface area contributed by atoms with Crippen molar-refractivity contribution in [1.29, 1.82) is 0 Å². The number of nitrogens with two attached hydrogens (primary N) is 1. The van der Waals surface area contributed by atoms with Crippen molar-refractivity contribution < 1.29 is 13.5 Å². The molecule has 0 aromatic carbocycles. The molecule has 0 spiro atoms. The van der Waals surface area contributed by atoms with Gasteiger partial charge in [-0.25, -0.2) is 5.84 Å². The van der Waals surface area contributed by atoms with Crippen LogP contribution in [0.4, 0.5) is 5.69 Å². The summed E-state index contributed by atoms with van der Waals surface area (Å²) in [5, 5.41) is 10.2. The summed E-state index contributed by atoms with van der Waals surface area (Å²) < 4.78 is 27.3. The van der Waals surface area contributed by atoms with Gasteiger partial charge in [-0.15, -0.1) is 4.40 Å². The molecule has 0 fully saturated rings. The van der Waals surface area contributed by atoms with Crippen molar-refractivity contribution in [2.45, 2.75) is 11.8 Å². The highest BCUT2D eigenvalue weighted by Gasteiger charge is 2.31. The first kappa shape index (κ1) is 12.0. The van der Waals surface area contributed by atoms with Crippen LogP contribution in [-0.2, 0) is 10.0 Å². The standard InChI is InChI=1S/C9H12N4O3S/c1-6(5-14)9-12-17(15,16)8-4-11-3-2-7(8)13(9)10/h2-4,6,14H,5,10H2,1H3. The SMILES string of the molecule is CC(CO)C1=NS(=O)(=O)c2cnccc2N1N. The molecular formula is C9H12N4O3S. The highest BCUT2D eigenvalue weighted by atomic mass is 32.2. The molecule has 2 heterocycles. The van der Waals surface area contributed by atoms with Gasteiger partial charge in [0.25, 0.3) is 10.0 Å². The summed E-state index contributed by atoms with van der Waals surface area (Å²) in [6.07, 6.45) is 2.65. The third-order valence-electron chi connectivity index (χ3n) is 2.48. The molecule has 0 aliphatic carbocycles. The smallest absolute Gasteiger partial charge is 0.287 e. The number of aromatic nitrogens is 1. The normalized spacial score (nSPS) is 19.5. The maximum absolute atomic E-state index is 11.9. The van der Waals surface area contributed by atoms with Crippen LogP contribution in [0.25, 0.3) is 0 Å². The molecule has 8 heteroatoms. The van der Waals surface area contributed by atoms with E-state index in [1.54, 1.807) is 6.92 Å². The molecule has 1 aromatic rings. The Morgan fingerprint density at radius 1 is 1.59 bits per heavy atom. The molecule has 0 bridgehead atoms. The number of aliphatic hydroxyl groups excluding tert-OH is 1. The second kappa shape index (κ2) is 4.06. The molecule has 0 amide bonds. The predicted molar refractivity (Wildman–Crippen MR) is 61.8 cm³/mol. The number of hydrogen-bond donors (Lipinski definition) is 2. The molecule has 1 aromatic heterocycles. The van der Waals surface area contributed by atoms with Crippen molar-refractivity contribution >= 4 is 21.5 Å². The fourth-order valence-corrected chi connectivity index (χ4v) is 2.76. The van der Waals surface area contributed by atoms with Crippen LogP contribution in [-0.4, -0.2) is 31.0 Å². The third kappa shape index (κ3) is 1.90. The Morgan fingerprint density at radius 3 is 2.94 bits per heavy atom. The Hall–Kier alpha value is -1.51. The number of amidine groups is 1. The molecule has 1 aliphatic rings. The van der Waals surface area contributed by atoms with Crippen LogP contribution < -0.4 is 10.9 Å². The van der Waals surface area contributed by atoms with E-state index in [9.17, 15) is 8.42 Å². The summed E-state index contributed by atoms with van der Waals surface area (Å²) in [5.74, 6) is 5.44. The lowest BCUT2D eigenvalue weighted by Gasteiger charge is -2.28. The first-order chi connectivity index (χ1) is 7.97. The van der Waals surface area contributed by atoms with Crippen LogP contribution in [0.5, 0.6) is 0 Å². The summed E-state index contributed by atoms with van der Waals surface area (Å²) in [6, 6.07) is 1.49. The molecule has 3 N–H and O–H groups in total. The van der Waals surface area contributed by atoms with E-state index in [2.05, 4.69) is 9.38 Å². The summed E-state index contributed by atoms with van der Waals surface area (Å²) in [5.41, 5.74) is 0.310. The minimum atomic E-state index is -3.79. The lowest BCUT2D eigenvalue weighted by molar-refractivity contribution is 0.269. The van der Waals surface area contributed by atoms with E-state index in [0.717, 1.165) is 0 Å². The predicted octanol–water partition coefficient (Wildman–Crippen LogP) is -0.509. The number of pyridine rings is 1. The number of anilines is 1. The Morgan fingerprint density at radius 2 is 2.29 bits per heavy atom. The van der Waals surface area contributed by atoms with Crippen LogP contribution in [0.3, 0.4) is 0 Å². The van der Waals surface area contributed by atoms with E-state index in [4.69, 9.17) is 10.9 Å². The third-order valence-corrected chi connectivity index (χ3v) is 3.77. The maximum Gasteiger partial charge on any atom is 0.287 e. The summed E-state index contributed by atoms with van der Waals surface area (Å²) in [7, 11) is -3.79. The van der Waals surface area contributed by atoms with E-state index in [0.29, 0.717) is 5.69 Å². The number of sulfonamides is 1. The van der Waals surface area contributed by atoms with Crippen LogP contribution in [0.1, 0.15) is 6.92 Å². The molecule has 7 nitrogen and oxygen atoms in total. The van der Waals surface area contributed by atoms with Gasteiger partial charge < -0.3 is 5.11 Å². The van der Waals surface area contributed by atoms with Crippen molar-refractivity contribution in [2.75, 3.05) is 11.6 Å². The highest BCUT2D eigenvalue weighted by Crippen LogP contribution is 2.29. The fourth-order valence-electron chi connectivity index (χ4n) is 1.52. The number of hydrogen-bond acceptors (Lipinski definition) is 6. The monoisotopic (exact) mass is 256 g/mol. The minimum absolute atomic E-state index is 0.0311. The molecule has 17 heavy (non-hydrogen) atoms. The van der Waals surface area contributed by atoms with E-state index >= 15 is 0 Å². The zero-order chi connectivity index (χ0) is 12.6. The van der Waals surface area contributed by atoms with Crippen LogP contribution in [0, 0.1) is 5.92 Å². The van der Waals surface area contributed by atoms with Gasteiger partial charge in [-0.2, -0.15) is 8.42 Å². The average Bonchev–Trinajstić information content (AvgIpc) is 2.33. The van der Waals surface area contributed by atoms with Crippen LogP contribution in [0.2, 0.25) is 0 Å². The fraction of sp³-hybridized carbons (Fsp3) is 0.333. The van der Waals surface area contributed by atoms with E-state index in [1.807, 2.05) is 0 Å². The van der Waals surface area contributed by atoms with Gasteiger partial charge in [-0.1, -0.05) is 6.92 Å². The Kier molecular flexibility index (Phi) is 2.86. The van der Waals surface area contributed by atoms with E-state index in [1.165, 1.54) is 23.5 Å². The van der Waals surface area contributed by atoms with Crippen molar-refractivity contribution in [3.05, 3.63) is 18.5 Å². The molecule has 1 unspecified atom stereocenters. The maximum atomic E-state index is 11.9. The Labute approximate surface area is 98.6 Å².